The molecule has 0 aliphatic heterocycles. The lowest BCUT2D eigenvalue weighted by Gasteiger charge is -2.35. The summed E-state index contributed by atoms with van der Waals surface area (Å²) in [5.74, 6) is 0.755. The minimum Gasteiger partial charge on any atom is -0.466 e. The summed E-state index contributed by atoms with van der Waals surface area (Å²) in [6, 6.07) is 0. The molecule has 110 valence electrons. The molecule has 2 aliphatic carbocycles. The van der Waals surface area contributed by atoms with Gasteiger partial charge in [-0.3, -0.25) is 4.79 Å². The first-order valence-corrected chi connectivity index (χ1v) is 7.85. The van der Waals surface area contributed by atoms with Gasteiger partial charge in [0.15, 0.2) is 0 Å². The first-order valence-electron chi connectivity index (χ1n) is 7.85. The molecule has 2 aliphatic rings. The van der Waals surface area contributed by atoms with Gasteiger partial charge in [0.2, 0.25) is 0 Å². The highest BCUT2D eigenvalue weighted by molar-refractivity contribution is 5.71. The smallest absolute Gasteiger partial charge is 0.307 e. The fraction of sp³-hybridized carbons (Fsp3) is 0.938. The van der Waals surface area contributed by atoms with E-state index in [1.54, 1.807) is 0 Å². The van der Waals surface area contributed by atoms with Gasteiger partial charge >= 0.3 is 5.97 Å². The number of nitrogens with one attached hydrogen (secondary N) is 1. The standard InChI is InChI=1S/C16H29NO2/c1-4-19-14(18)11-16(9-10-16)17-12-13-5-7-15(2,3)8-6-13/h13,17H,4-12H2,1-3H3. The topological polar surface area (TPSA) is 38.3 Å². The van der Waals surface area contributed by atoms with E-state index < -0.39 is 0 Å². The third-order valence-electron chi connectivity index (χ3n) is 4.87. The average Bonchev–Trinajstić information content (AvgIpc) is 3.08. The van der Waals surface area contributed by atoms with Gasteiger partial charge in [0.1, 0.15) is 0 Å². The van der Waals surface area contributed by atoms with Crippen molar-refractivity contribution in [1.82, 2.24) is 5.32 Å². The second-order valence-corrected chi connectivity index (χ2v) is 7.25. The summed E-state index contributed by atoms with van der Waals surface area (Å²) in [7, 11) is 0. The van der Waals surface area contributed by atoms with Crippen LogP contribution in [0.5, 0.6) is 0 Å². The van der Waals surface area contributed by atoms with E-state index >= 15 is 0 Å². The molecule has 0 aromatic rings. The average molecular weight is 267 g/mol. The molecule has 0 atom stereocenters. The minimum absolute atomic E-state index is 0.0442. The lowest BCUT2D eigenvalue weighted by molar-refractivity contribution is -0.143. The van der Waals surface area contributed by atoms with Gasteiger partial charge in [-0.25, -0.2) is 0 Å². The van der Waals surface area contributed by atoms with Crippen LogP contribution in [0, 0.1) is 11.3 Å². The monoisotopic (exact) mass is 267 g/mol. The Morgan fingerprint density at radius 3 is 2.37 bits per heavy atom. The van der Waals surface area contributed by atoms with Crippen molar-refractivity contribution >= 4 is 5.97 Å². The zero-order chi connectivity index (χ0) is 13.9. The number of hydrogen-bond acceptors (Lipinski definition) is 3. The first kappa shape index (κ1) is 14.8. The Morgan fingerprint density at radius 2 is 1.84 bits per heavy atom. The van der Waals surface area contributed by atoms with Gasteiger partial charge in [-0.05, 0) is 63.3 Å². The van der Waals surface area contributed by atoms with Crippen LogP contribution in [0.3, 0.4) is 0 Å². The quantitative estimate of drug-likeness (QED) is 0.751. The van der Waals surface area contributed by atoms with Crippen molar-refractivity contribution in [2.24, 2.45) is 11.3 Å². The van der Waals surface area contributed by atoms with Crippen LogP contribution in [0.2, 0.25) is 0 Å². The molecule has 0 spiro atoms. The highest BCUT2D eigenvalue weighted by Crippen LogP contribution is 2.41. The molecule has 3 heteroatoms. The van der Waals surface area contributed by atoms with E-state index in [0.29, 0.717) is 18.4 Å². The molecule has 0 saturated heterocycles. The summed E-state index contributed by atoms with van der Waals surface area (Å²) in [5, 5.41) is 3.66. The normalized spacial score (nSPS) is 25.0. The van der Waals surface area contributed by atoms with E-state index in [1.165, 1.54) is 25.7 Å². The largest absolute Gasteiger partial charge is 0.466 e. The fourth-order valence-corrected chi connectivity index (χ4v) is 3.08. The number of hydrogen-bond donors (Lipinski definition) is 1. The molecule has 0 bridgehead atoms. The Hall–Kier alpha value is -0.570. The molecule has 0 aromatic carbocycles. The predicted molar refractivity (Wildman–Crippen MR) is 77.0 cm³/mol. The number of rotatable bonds is 6. The molecule has 2 rings (SSSR count). The molecule has 2 saturated carbocycles. The maximum atomic E-state index is 11.6. The SMILES string of the molecule is CCOC(=O)CC1(NCC2CCC(C)(C)CC2)CC1. The van der Waals surface area contributed by atoms with E-state index in [9.17, 15) is 4.79 Å². The van der Waals surface area contributed by atoms with Crippen molar-refractivity contribution in [2.75, 3.05) is 13.2 Å². The van der Waals surface area contributed by atoms with Crippen molar-refractivity contribution in [3.05, 3.63) is 0 Å². The van der Waals surface area contributed by atoms with E-state index in [1.807, 2.05) is 6.92 Å². The summed E-state index contributed by atoms with van der Waals surface area (Å²) in [6.45, 7) is 8.19. The van der Waals surface area contributed by atoms with E-state index in [4.69, 9.17) is 4.74 Å². The Labute approximate surface area is 117 Å². The van der Waals surface area contributed by atoms with Crippen molar-refractivity contribution in [3.8, 4) is 0 Å². The van der Waals surface area contributed by atoms with Crippen LogP contribution in [0.1, 0.15) is 65.7 Å². The molecule has 0 amide bonds. The van der Waals surface area contributed by atoms with Crippen LogP contribution in [0.25, 0.3) is 0 Å². The van der Waals surface area contributed by atoms with Gasteiger partial charge in [0.25, 0.3) is 0 Å². The maximum Gasteiger partial charge on any atom is 0.307 e. The third-order valence-corrected chi connectivity index (χ3v) is 4.87. The zero-order valence-corrected chi connectivity index (χ0v) is 12.8. The lowest BCUT2D eigenvalue weighted by atomic mass is 9.73. The van der Waals surface area contributed by atoms with Crippen LogP contribution in [-0.4, -0.2) is 24.7 Å². The number of carbonyl (C=O) groups excluding carboxylic acids is 1. The molecule has 19 heavy (non-hydrogen) atoms. The molecule has 3 nitrogen and oxygen atoms in total. The molecule has 1 N–H and O–H groups in total. The van der Waals surface area contributed by atoms with Gasteiger partial charge in [0, 0.05) is 5.54 Å². The first-order chi connectivity index (χ1) is 8.95. The van der Waals surface area contributed by atoms with Gasteiger partial charge in [-0.15, -0.1) is 0 Å². The summed E-state index contributed by atoms with van der Waals surface area (Å²) >= 11 is 0. The Bertz CT molecular complexity index is 311. The highest BCUT2D eigenvalue weighted by atomic mass is 16.5. The molecule has 2 fully saturated rings. The predicted octanol–water partition coefficient (Wildman–Crippen LogP) is 3.28. The van der Waals surface area contributed by atoms with Crippen LogP contribution in [0.4, 0.5) is 0 Å². The van der Waals surface area contributed by atoms with Crippen LogP contribution in [-0.2, 0) is 9.53 Å². The molecule has 0 aromatic heterocycles. The molecular formula is C16H29NO2. The molecule has 0 unspecified atom stereocenters. The number of esters is 1. The molecule has 0 heterocycles. The maximum absolute atomic E-state index is 11.6. The summed E-state index contributed by atoms with van der Waals surface area (Å²) in [4.78, 5) is 11.6. The number of ether oxygens (including phenoxy) is 1. The Balaban J connectivity index is 1.69. The molecule has 0 radical (unpaired) electrons. The molecular weight excluding hydrogens is 238 g/mol. The van der Waals surface area contributed by atoms with Crippen molar-refractivity contribution in [3.63, 3.8) is 0 Å². The summed E-state index contributed by atoms with van der Waals surface area (Å²) in [5.41, 5.74) is 0.623. The minimum atomic E-state index is -0.0442. The van der Waals surface area contributed by atoms with Crippen molar-refractivity contribution < 1.29 is 9.53 Å². The van der Waals surface area contributed by atoms with Gasteiger partial charge in [-0.1, -0.05) is 13.8 Å². The lowest BCUT2D eigenvalue weighted by Crippen LogP contribution is -2.39. The van der Waals surface area contributed by atoms with Crippen molar-refractivity contribution in [1.29, 1.82) is 0 Å². The Morgan fingerprint density at radius 1 is 1.21 bits per heavy atom. The van der Waals surface area contributed by atoms with E-state index in [2.05, 4.69) is 19.2 Å². The van der Waals surface area contributed by atoms with Crippen molar-refractivity contribution in [2.45, 2.75) is 71.3 Å². The van der Waals surface area contributed by atoms with Gasteiger partial charge < -0.3 is 10.1 Å². The van der Waals surface area contributed by atoms with E-state index in [-0.39, 0.29) is 11.5 Å². The van der Waals surface area contributed by atoms with Gasteiger partial charge in [0.05, 0.1) is 13.0 Å². The van der Waals surface area contributed by atoms with E-state index in [0.717, 1.165) is 25.3 Å². The summed E-state index contributed by atoms with van der Waals surface area (Å²) < 4.78 is 5.06. The second-order valence-electron chi connectivity index (χ2n) is 7.25. The summed E-state index contributed by atoms with van der Waals surface area (Å²) in [6.07, 6.45) is 8.15. The van der Waals surface area contributed by atoms with Crippen LogP contribution < -0.4 is 5.32 Å². The number of carbonyl (C=O) groups is 1. The van der Waals surface area contributed by atoms with Gasteiger partial charge in [-0.2, -0.15) is 0 Å². The van der Waals surface area contributed by atoms with Crippen LogP contribution in [0.15, 0.2) is 0 Å². The van der Waals surface area contributed by atoms with Crippen LogP contribution >= 0.6 is 0 Å². The zero-order valence-electron chi connectivity index (χ0n) is 12.8. The third kappa shape index (κ3) is 4.48. The second kappa shape index (κ2) is 5.82. The Kier molecular flexibility index (Phi) is 4.54. The highest BCUT2D eigenvalue weighted by Gasteiger charge is 2.44. The fourth-order valence-electron chi connectivity index (χ4n) is 3.08.